The molecule has 1 atom stereocenters. The Kier molecular flexibility index (Phi) is 4.74. The van der Waals surface area contributed by atoms with Crippen molar-refractivity contribution in [2.24, 2.45) is 5.92 Å². The van der Waals surface area contributed by atoms with Crippen molar-refractivity contribution in [1.29, 1.82) is 0 Å². The first kappa shape index (κ1) is 14.5. The summed E-state index contributed by atoms with van der Waals surface area (Å²) in [7, 11) is 0. The lowest BCUT2D eigenvalue weighted by Gasteiger charge is -2.22. The van der Waals surface area contributed by atoms with E-state index in [0.717, 1.165) is 5.56 Å². The minimum atomic E-state index is -0.572. The predicted octanol–water partition coefficient (Wildman–Crippen LogP) is 2.21. The number of nitrogens with zero attached hydrogens (tertiary/aromatic N) is 1. The first-order chi connectivity index (χ1) is 9.59. The van der Waals surface area contributed by atoms with E-state index in [4.69, 9.17) is 9.47 Å². The van der Waals surface area contributed by atoms with E-state index in [1.165, 1.54) is 4.90 Å². The first-order valence-electron chi connectivity index (χ1n) is 6.70. The topological polar surface area (TPSA) is 55.8 Å². The quantitative estimate of drug-likeness (QED) is 0.828. The third kappa shape index (κ3) is 3.36. The molecular formula is C15H19NO4. The molecule has 2 rings (SSSR count). The number of benzene rings is 1. The number of cyclic esters (lactones) is 1. The molecule has 1 fully saturated rings. The van der Waals surface area contributed by atoms with Gasteiger partial charge in [-0.05, 0) is 11.5 Å². The summed E-state index contributed by atoms with van der Waals surface area (Å²) >= 11 is 0. The fraction of sp³-hybridized carbons (Fsp3) is 0.467. The maximum absolute atomic E-state index is 12.1. The zero-order valence-corrected chi connectivity index (χ0v) is 11.7. The molecule has 1 heterocycles. The maximum atomic E-state index is 12.1. The molecule has 0 radical (unpaired) electrons. The molecule has 1 aliphatic heterocycles. The lowest BCUT2D eigenvalue weighted by Crippen LogP contribution is -2.43. The van der Waals surface area contributed by atoms with Gasteiger partial charge in [-0.3, -0.25) is 4.79 Å². The van der Waals surface area contributed by atoms with Crippen molar-refractivity contribution in [1.82, 2.24) is 4.90 Å². The summed E-state index contributed by atoms with van der Waals surface area (Å²) in [6, 6.07) is 9.38. The molecule has 0 aromatic heterocycles. The van der Waals surface area contributed by atoms with Crippen LogP contribution in [0.3, 0.4) is 0 Å². The number of ether oxygens (including phenoxy) is 2. The summed E-state index contributed by atoms with van der Waals surface area (Å²) in [5.74, 6) is -0.179. The highest BCUT2D eigenvalue weighted by atomic mass is 16.6. The van der Waals surface area contributed by atoms with Crippen LogP contribution in [0.1, 0.15) is 19.4 Å². The number of imide groups is 1. The fourth-order valence-corrected chi connectivity index (χ4v) is 2.11. The van der Waals surface area contributed by atoms with Crippen LogP contribution >= 0.6 is 0 Å². The van der Waals surface area contributed by atoms with Gasteiger partial charge in [-0.2, -0.15) is 0 Å². The van der Waals surface area contributed by atoms with E-state index in [1.807, 2.05) is 44.2 Å². The van der Waals surface area contributed by atoms with Crippen molar-refractivity contribution >= 4 is 12.0 Å². The second kappa shape index (κ2) is 6.52. The normalized spacial score (nSPS) is 18.4. The molecule has 5 nitrogen and oxygen atoms in total. The second-order valence-corrected chi connectivity index (χ2v) is 5.13. The van der Waals surface area contributed by atoms with E-state index >= 15 is 0 Å². The Labute approximate surface area is 118 Å². The first-order valence-corrected chi connectivity index (χ1v) is 6.70. The number of hydrogen-bond donors (Lipinski definition) is 0. The third-order valence-corrected chi connectivity index (χ3v) is 3.28. The monoisotopic (exact) mass is 277 g/mol. The second-order valence-electron chi connectivity index (χ2n) is 5.13. The molecule has 0 N–H and O–H groups in total. The zero-order valence-electron chi connectivity index (χ0n) is 11.7. The van der Waals surface area contributed by atoms with Crippen molar-refractivity contribution < 1.29 is 19.1 Å². The lowest BCUT2D eigenvalue weighted by molar-refractivity contribution is -0.135. The molecule has 20 heavy (non-hydrogen) atoms. The Morgan fingerprint density at radius 3 is 2.75 bits per heavy atom. The Morgan fingerprint density at radius 1 is 1.40 bits per heavy atom. The summed E-state index contributed by atoms with van der Waals surface area (Å²) in [5.41, 5.74) is 0.990. The predicted molar refractivity (Wildman–Crippen MR) is 72.9 cm³/mol. The molecule has 0 aliphatic carbocycles. The van der Waals surface area contributed by atoms with Gasteiger partial charge in [0, 0.05) is 0 Å². The summed E-state index contributed by atoms with van der Waals surface area (Å²) in [6.07, 6.45) is -0.572. The summed E-state index contributed by atoms with van der Waals surface area (Å²) in [5, 5.41) is 0. The van der Waals surface area contributed by atoms with Gasteiger partial charge in [0.05, 0.1) is 12.6 Å². The average Bonchev–Trinajstić information content (AvgIpc) is 2.82. The molecule has 1 saturated heterocycles. The van der Waals surface area contributed by atoms with Gasteiger partial charge in [-0.1, -0.05) is 44.2 Å². The molecule has 108 valence electrons. The van der Waals surface area contributed by atoms with Crippen LogP contribution < -0.4 is 0 Å². The molecule has 2 amide bonds. The number of hydrogen-bond acceptors (Lipinski definition) is 4. The largest absolute Gasteiger partial charge is 0.447 e. The van der Waals surface area contributed by atoms with Gasteiger partial charge in [0.25, 0.3) is 5.91 Å². The molecule has 1 aliphatic rings. The molecule has 5 heteroatoms. The van der Waals surface area contributed by atoms with Crippen molar-refractivity contribution in [3.8, 4) is 0 Å². The molecule has 0 bridgehead atoms. The molecule has 0 saturated carbocycles. The Hall–Kier alpha value is -1.88. The summed E-state index contributed by atoms with van der Waals surface area (Å²) in [4.78, 5) is 24.8. The number of carbonyl (C=O) groups is 2. The Balaban J connectivity index is 1.86. The highest BCUT2D eigenvalue weighted by molar-refractivity contribution is 5.94. The van der Waals surface area contributed by atoms with Crippen LogP contribution in [-0.2, 0) is 20.9 Å². The van der Waals surface area contributed by atoms with E-state index in [2.05, 4.69) is 0 Å². The van der Waals surface area contributed by atoms with Crippen molar-refractivity contribution in [3.63, 3.8) is 0 Å². The van der Waals surface area contributed by atoms with Crippen molar-refractivity contribution in [2.75, 3.05) is 13.2 Å². The van der Waals surface area contributed by atoms with Crippen molar-refractivity contribution in [2.45, 2.75) is 26.5 Å². The van der Waals surface area contributed by atoms with Gasteiger partial charge in [0.1, 0.15) is 13.2 Å². The minimum absolute atomic E-state index is 0.118. The lowest BCUT2D eigenvalue weighted by atomic mass is 10.0. The molecule has 0 unspecified atom stereocenters. The van der Waals surface area contributed by atoms with E-state index in [1.54, 1.807) is 0 Å². The van der Waals surface area contributed by atoms with Gasteiger partial charge in [-0.15, -0.1) is 0 Å². The van der Waals surface area contributed by atoms with Crippen LogP contribution in [0, 0.1) is 5.92 Å². The Morgan fingerprint density at radius 2 is 2.10 bits per heavy atom. The van der Waals surface area contributed by atoms with Gasteiger partial charge in [0.2, 0.25) is 0 Å². The third-order valence-electron chi connectivity index (χ3n) is 3.28. The van der Waals surface area contributed by atoms with Crippen molar-refractivity contribution in [3.05, 3.63) is 35.9 Å². The van der Waals surface area contributed by atoms with E-state index in [9.17, 15) is 9.59 Å². The highest BCUT2D eigenvalue weighted by Gasteiger charge is 2.39. The van der Waals surface area contributed by atoms with Crippen LogP contribution in [-0.4, -0.2) is 36.2 Å². The number of carbonyl (C=O) groups excluding carboxylic acids is 2. The molecular weight excluding hydrogens is 258 g/mol. The van der Waals surface area contributed by atoms with Crippen LogP contribution in [0.4, 0.5) is 4.79 Å². The zero-order chi connectivity index (χ0) is 14.5. The minimum Gasteiger partial charge on any atom is -0.447 e. The standard InChI is InChI=1S/C15H19NO4/c1-11(2)13-9-20-15(18)16(13)14(17)10-19-8-12-6-4-3-5-7-12/h3-7,11,13H,8-10H2,1-2H3/t13-/m0/s1. The average molecular weight is 277 g/mol. The Bertz CT molecular complexity index is 472. The van der Waals surface area contributed by atoms with Crippen LogP contribution in [0.25, 0.3) is 0 Å². The summed E-state index contributed by atoms with van der Waals surface area (Å²) in [6.45, 7) is 4.41. The van der Waals surface area contributed by atoms with Crippen LogP contribution in [0.15, 0.2) is 30.3 Å². The van der Waals surface area contributed by atoms with Gasteiger partial charge in [0.15, 0.2) is 0 Å². The van der Waals surface area contributed by atoms with Gasteiger partial charge in [-0.25, -0.2) is 9.69 Å². The number of rotatable bonds is 5. The van der Waals surface area contributed by atoms with Crippen LogP contribution in [0.2, 0.25) is 0 Å². The fourth-order valence-electron chi connectivity index (χ4n) is 2.11. The smallest absolute Gasteiger partial charge is 0.417 e. The SMILES string of the molecule is CC(C)[C@@H]1COC(=O)N1C(=O)COCc1ccccc1. The molecule has 0 spiro atoms. The molecule has 1 aromatic rings. The van der Waals surface area contributed by atoms with Crippen LogP contribution in [0.5, 0.6) is 0 Å². The van der Waals surface area contributed by atoms with Gasteiger partial charge >= 0.3 is 6.09 Å². The maximum Gasteiger partial charge on any atom is 0.417 e. The highest BCUT2D eigenvalue weighted by Crippen LogP contribution is 2.19. The van der Waals surface area contributed by atoms with E-state index in [-0.39, 0.29) is 31.1 Å². The van der Waals surface area contributed by atoms with Gasteiger partial charge < -0.3 is 9.47 Å². The number of amides is 2. The summed E-state index contributed by atoms with van der Waals surface area (Å²) < 4.78 is 10.3. The van der Waals surface area contributed by atoms with E-state index in [0.29, 0.717) is 6.61 Å². The molecule has 1 aromatic carbocycles. The van der Waals surface area contributed by atoms with E-state index < -0.39 is 6.09 Å².